The molecule has 0 aliphatic rings. The van der Waals surface area contributed by atoms with E-state index in [-0.39, 0.29) is 6.61 Å². The lowest BCUT2D eigenvalue weighted by Gasteiger charge is -2.09. The van der Waals surface area contributed by atoms with Crippen LogP contribution in [0, 0.1) is 11.3 Å². The lowest BCUT2D eigenvalue weighted by molar-refractivity contribution is 0.108. The van der Waals surface area contributed by atoms with Crippen LogP contribution in [0.5, 0.6) is 0 Å². The summed E-state index contributed by atoms with van der Waals surface area (Å²) in [4.78, 5) is 0. The SMILES string of the molecule is N=CC(CO)C(N)O. The van der Waals surface area contributed by atoms with Gasteiger partial charge in [0.15, 0.2) is 0 Å². The summed E-state index contributed by atoms with van der Waals surface area (Å²) in [5.74, 6) is -0.616. The van der Waals surface area contributed by atoms with Crippen molar-refractivity contribution >= 4 is 6.21 Å². The summed E-state index contributed by atoms with van der Waals surface area (Å²) in [6, 6.07) is 0. The third kappa shape index (κ3) is 2.02. The van der Waals surface area contributed by atoms with Crippen LogP contribution in [0.4, 0.5) is 0 Å². The number of rotatable bonds is 3. The van der Waals surface area contributed by atoms with Gasteiger partial charge < -0.3 is 21.4 Å². The van der Waals surface area contributed by atoms with Gasteiger partial charge in [0, 0.05) is 6.21 Å². The van der Waals surface area contributed by atoms with E-state index < -0.39 is 12.1 Å². The molecule has 4 heteroatoms. The minimum atomic E-state index is -1.11. The van der Waals surface area contributed by atoms with Crippen molar-refractivity contribution in [3.05, 3.63) is 0 Å². The quantitative estimate of drug-likeness (QED) is 0.269. The molecule has 0 aliphatic carbocycles. The molecule has 4 nitrogen and oxygen atoms in total. The van der Waals surface area contributed by atoms with Gasteiger partial charge >= 0.3 is 0 Å². The highest BCUT2D eigenvalue weighted by molar-refractivity contribution is 5.57. The maximum absolute atomic E-state index is 8.48. The van der Waals surface area contributed by atoms with Gasteiger partial charge in [0.1, 0.15) is 6.23 Å². The van der Waals surface area contributed by atoms with Gasteiger partial charge in [-0.25, -0.2) is 0 Å². The molecule has 5 N–H and O–H groups in total. The molecule has 0 aromatic heterocycles. The van der Waals surface area contributed by atoms with E-state index in [4.69, 9.17) is 21.4 Å². The molecule has 2 unspecified atom stereocenters. The topological polar surface area (TPSA) is 90.3 Å². The number of aliphatic hydroxyl groups is 2. The van der Waals surface area contributed by atoms with E-state index in [2.05, 4.69) is 0 Å². The molecule has 0 bridgehead atoms. The van der Waals surface area contributed by atoms with Crippen LogP contribution in [0.2, 0.25) is 0 Å². The maximum atomic E-state index is 8.48. The van der Waals surface area contributed by atoms with Gasteiger partial charge in [-0.15, -0.1) is 0 Å². The first-order chi connectivity index (χ1) is 3.72. The molecule has 0 aromatic carbocycles. The van der Waals surface area contributed by atoms with Crippen LogP contribution in [-0.4, -0.2) is 29.3 Å². The highest BCUT2D eigenvalue weighted by Crippen LogP contribution is 1.90. The van der Waals surface area contributed by atoms with Crippen LogP contribution in [-0.2, 0) is 0 Å². The largest absolute Gasteiger partial charge is 0.396 e. The van der Waals surface area contributed by atoms with Crippen LogP contribution in [0.3, 0.4) is 0 Å². The van der Waals surface area contributed by atoms with Crippen molar-refractivity contribution in [2.45, 2.75) is 6.23 Å². The molecule has 0 aliphatic heterocycles. The first kappa shape index (κ1) is 7.55. The molecule has 0 saturated heterocycles. The van der Waals surface area contributed by atoms with E-state index in [1.165, 1.54) is 0 Å². The Hall–Kier alpha value is -0.450. The van der Waals surface area contributed by atoms with Crippen molar-refractivity contribution in [2.24, 2.45) is 11.7 Å². The maximum Gasteiger partial charge on any atom is 0.112 e. The molecule has 0 fully saturated rings. The van der Waals surface area contributed by atoms with Crippen LogP contribution in [0.1, 0.15) is 0 Å². The van der Waals surface area contributed by atoms with Crippen molar-refractivity contribution in [3.63, 3.8) is 0 Å². The second kappa shape index (κ2) is 3.54. The minimum Gasteiger partial charge on any atom is -0.396 e. The third-order valence-corrected chi connectivity index (χ3v) is 0.864. The average Bonchev–Trinajstić information content (AvgIpc) is 1.69. The Morgan fingerprint density at radius 3 is 2.25 bits per heavy atom. The molecule has 0 aromatic rings. The summed E-state index contributed by atoms with van der Waals surface area (Å²) in [6.45, 7) is -0.277. The van der Waals surface area contributed by atoms with Crippen molar-refractivity contribution < 1.29 is 10.2 Å². The van der Waals surface area contributed by atoms with Crippen molar-refractivity contribution in [3.8, 4) is 0 Å². The van der Waals surface area contributed by atoms with Gasteiger partial charge in [0.05, 0.1) is 12.5 Å². The standard InChI is InChI=1S/C4H10N2O2/c5-1-3(2-7)4(6)8/h1,3-5,7-8H,2,6H2. The number of nitrogens with two attached hydrogens (primary N) is 1. The predicted molar refractivity (Wildman–Crippen MR) is 29.6 cm³/mol. The fourth-order valence-electron chi connectivity index (χ4n) is 0.259. The summed E-state index contributed by atoms with van der Waals surface area (Å²) in [5.41, 5.74) is 4.90. The molecular formula is C4H10N2O2. The minimum absolute atomic E-state index is 0.277. The molecule has 0 amide bonds. The van der Waals surface area contributed by atoms with E-state index in [0.717, 1.165) is 6.21 Å². The summed E-state index contributed by atoms with van der Waals surface area (Å²) >= 11 is 0. The van der Waals surface area contributed by atoms with E-state index in [1.54, 1.807) is 0 Å². The van der Waals surface area contributed by atoms with Gasteiger partial charge in [-0.05, 0) is 0 Å². The highest BCUT2D eigenvalue weighted by atomic mass is 16.3. The first-order valence-corrected chi connectivity index (χ1v) is 2.27. The van der Waals surface area contributed by atoms with Crippen molar-refractivity contribution in [1.82, 2.24) is 0 Å². The predicted octanol–water partition coefficient (Wildman–Crippen LogP) is -1.48. The van der Waals surface area contributed by atoms with Crippen LogP contribution in [0.25, 0.3) is 0 Å². The summed E-state index contributed by atoms with van der Waals surface area (Å²) in [6.07, 6.45) is -0.192. The monoisotopic (exact) mass is 118 g/mol. The lowest BCUT2D eigenvalue weighted by Crippen LogP contribution is -2.32. The van der Waals surface area contributed by atoms with Gasteiger partial charge in [-0.1, -0.05) is 0 Å². The smallest absolute Gasteiger partial charge is 0.112 e. The van der Waals surface area contributed by atoms with Crippen LogP contribution >= 0.6 is 0 Å². The van der Waals surface area contributed by atoms with Gasteiger partial charge in [-0.2, -0.15) is 0 Å². The zero-order chi connectivity index (χ0) is 6.57. The zero-order valence-corrected chi connectivity index (χ0v) is 4.41. The Kier molecular flexibility index (Phi) is 3.34. The molecule has 0 spiro atoms. The van der Waals surface area contributed by atoms with E-state index >= 15 is 0 Å². The average molecular weight is 118 g/mol. The van der Waals surface area contributed by atoms with E-state index in [0.29, 0.717) is 0 Å². The molecule has 0 saturated carbocycles. The van der Waals surface area contributed by atoms with Gasteiger partial charge in [-0.3, -0.25) is 0 Å². The molecule has 48 valence electrons. The fraction of sp³-hybridized carbons (Fsp3) is 0.750. The lowest BCUT2D eigenvalue weighted by atomic mass is 10.1. The Bertz CT molecular complexity index is 74.4. The van der Waals surface area contributed by atoms with E-state index in [9.17, 15) is 0 Å². The molecule has 8 heavy (non-hydrogen) atoms. The normalized spacial score (nSPS) is 17.4. The van der Waals surface area contributed by atoms with Crippen LogP contribution in [0.15, 0.2) is 0 Å². The van der Waals surface area contributed by atoms with Crippen LogP contribution < -0.4 is 5.73 Å². The van der Waals surface area contributed by atoms with Crippen molar-refractivity contribution in [2.75, 3.05) is 6.61 Å². The molecule has 0 radical (unpaired) electrons. The summed E-state index contributed by atoms with van der Waals surface area (Å²) < 4.78 is 0. The summed E-state index contributed by atoms with van der Waals surface area (Å²) in [7, 11) is 0. The van der Waals surface area contributed by atoms with E-state index in [1.807, 2.05) is 0 Å². The number of hydrogen-bond donors (Lipinski definition) is 4. The molecule has 2 atom stereocenters. The zero-order valence-electron chi connectivity index (χ0n) is 4.41. The Morgan fingerprint density at radius 1 is 1.75 bits per heavy atom. The fourth-order valence-corrected chi connectivity index (χ4v) is 0.259. The Morgan fingerprint density at radius 2 is 2.25 bits per heavy atom. The Labute approximate surface area is 47.4 Å². The number of aliphatic hydroxyl groups excluding tert-OH is 2. The van der Waals surface area contributed by atoms with Gasteiger partial charge in [0.25, 0.3) is 0 Å². The Balaban J connectivity index is 3.51. The summed E-state index contributed by atoms with van der Waals surface area (Å²) in [5, 5.41) is 23.3. The molecular weight excluding hydrogens is 108 g/mol. The first-order valence-electron chi connectivity index (χ1n) is 2.27. The number of nitrogens with one attached hydrogen (secondary N) is 1. The number of hydrogen-bond acceptors (Lipinski definition) is 4. The second-order valence-corrected chi connectivity index (χ2v) is 1.50. The van der Waals surface area contributed by atoms with Gasteiger partial charge in [0.2, 0.25) is 0 Å². The second-order valence-electron chi connectivity index (χ2n) is 1.50. The molecule has 0 heterocycles. The highest BCUT2D eigenvalue weighted by Gasteiger charge is 2.08. The third-order valence-electron chi connectivity index (χ3n) is 0.864. The molecule has 0 rings (SSSR count). The van der Waals surface area contributed by atoms with Crippen molar-refractivity contribution in [1.29, 1.82) is 5.41 Å².